The molecule has 4 nitrogen and oxygen atoms in total. The average Bonchev–Trinajstić information content (AvgIpc) is 2.53. The molecule has 1 aliphatic heterocycles. The van der Waals surface area contributed by atoms with Crippen molar-refractivity contribution in [2.24, 2.45) is 5.73 Å². The lowest BCUT2D eigenvalue weighted by Crippen LogP contribution is -2.41. The molecule has 0 aromatic rings. The second-order valence-electron chi connectivity index (χ2n) is 5.06. The van der Waals surface area contributed by atoms with E-state index >= 15 is 0 Å². The smallest absolute Gasteiger partial charge is 0.221 e. The molecule has 0 radical (unpaired) electrons. The fourth-order valence-electron chi connectivity index (χ4n) is 1.84. The molecular weight excluding hydrogens is 190 g/mol. The zero-order chi connectivity index (χ0) is 11.3. The van der Waals surface area contributed by atoms with Gasteiger partial charge >= 0.3 is 0 Å². The molecule has 4 heteroatoms. The van der Waals surface area contributed by atoms with Gasteiger partial charge in [0.1, 0.15) is 0 Å². The number of rotatable bonds is 5. The lowest BCUT2D eigenvalue weighted by Gasteiger charge is -2.19. The second-order valence-corrected chi connectivity index (χ2v) is 5.06. The lowest BCUT2D eigenvalue weighted by molar-refractivity contribution is -0.122. The van der Waals surface area contributed by atoms with Gasteiger partial charge in [-0.15, -0.1) is 0 Å². The average molecular weight is 213 g/mol. The van der Waals surface area contributed by atoms with Gasteiger partial charge in [-0.05, 0) is 39.8 Å². The van der Waals surface area contributed by atoms with Gasteiger partial charge in [0.15, 0.2) is 0 Å². The van der Waals surface area contributed by atoms with Crippen LogP contribution in [0.1, 0.15) is 33.1 Å². The summed E-state index contributed by atoms with van der Waals surface area (Å²) in [4.78, 5) is 13.8. The van der Waals surface area contributed by atoms with E-state index in [4.69, 9.17) is 5.73 Å². The Morgan fingerprint density at radius 2 is 2.00 bits per heavy atom. The first-order chi connectivity index (χ1) is 6.97. The van der Waals surface area contributed by atoms with E-state index in [0.717, 1.165) is 13.1 Å². The maximum Gasteiger partial charge on any atom is 0.221 e. The topological polar surface area (TPSA) is 58.4 Å². The third-order valence-electron chi connectivity index (χ3n) is 2.57. The van der Waals surface area contributed by atoms with Crippen molar-refractivity contribution >= 4 is 5.91 Å². The van der Waals surface area contributed by atoms with Crippen LogP contribution in [0.25, 0.3) is 0 Å². The highest BCUT2D eigenvalue weighted by Crippen LogP contribution is 2.06. The molecule has 0 saturated carbocycles. The van der Waals surface area contributed by atoms with Crippen molar-refractivity contribution in [3.8, 4) is 0 Å². The van der Waals surface area contributed by atoms with Gasteiger partial charge in [-0.1, -0.05) is 0 Å². The molecule has 0 aromatic carbocycles. The Morgan fingerprint density at radius 3 is 2.53 bits per heavy atom. The van der Waals surface area contributed by atoms with Crippen molar-refractivity contribution in [3.63, 3.8) is 0 Å². The van der Waals surface area contributed by atoms with E-state index in [9.17, 15) is 4.79 Å². The first kappa shape index (κ1) is 12.5. The molecule has 1 heterocycles. The van der Waals surface area contributed by atoms with Crippen LogP contribution in [0.5, 0.6) is 0 Å². The number of nitrogens with one attached hydrogen (secondary N) is 1. The van der Waals surface area contributed by atoms with Crippen LogP contribution in [0.4, 0.5) is 0 Å². The summed E-state index contributed by atoms with van der Waals surface area (Å²) in [5, 5.41) is 2.91. The van der Waals surface area contributed by atoms with E-state index in [1.807, 2.05) is 13.8 Å². The van der Waals surface area contributed by atoms with Crippen molar-refractivity contribution in [2.45, 2.75) is 38.6 Å². The predicted molar refractivity (Wildman–Crippen MR) is 61.6 cm³/mol. The van der Waals surface area contributed by atoms with Crippen LogP contribution in [-0.4, -0.2) is 42.5 Å². The van der Waals surface area contributed by atoms with Gasteiger partial charge in [0.05, 0.1) is 0 Å². The molecule has 0 aliphatic carbocycles. The molecule has 0 atom stereocenters. The van der Waals surface area contributed by atoms with Gasteiger partial charge < -0.3 is 16.0 Å². The zero-order valence-corrected chi connectivity index (χ0v) is 9.88. The molecule has 0 aromatic heterocycles. The van der Waals surface area contributed by atoms with Gasteiger partial charge in [-0.3, -0.25) is 4.79 Å². The number of likely N-dealkylation sites (tertiary alicyclic amines) is 1. The molecule has 1 saturated heterocycles. The third-order valence-corrected chi connectivity index (χ3v) is 2.57. The molecule has 1 fully saturated rings. The van der Waals surface area contributed by atoms with Crippen LogP contribution in [0.3, 0.4) is 0 Å². The van der Waals surface area contributed by atoms with Gasteiger partial charge in [-0.2, -0.15) is 0 Å². The summed E-state index contributed by atoms with van der Waals surface area (Å²) in [6.45, 7) is 7.81. The van der Waals surface area contributed by atoms with Crippen molar-refractivity contribution < 1.29 is 4.79 Å². The molecule has 15 heavy (non-hydrogen) atoms. The highest BCUT2D eigenvalue weighted by molar-refractivity contribution is 5.77. The maximum absolute atomic E-state index is 11.4. The standard InChI is InChI=1S/C11H23N3O/c1-11(2,12)9-10(15)13-5-8-14-6-3-4-7-14/h3-9,12H2,1-2H3,(H,13,15). The number of hydrogen-bond donors (Lipinski definition) is 2. The van der Waals surface area contributed by atoms with Crippen LogP contribution in [0.15, 0.2) is 0 Å². The van der Waals surface area contributed by atoms with E-state index in [1.54, 1.807) is 0 Å². The Hall–Kier alpha value is -0.610. The fourth-order valence-corrected chi connectivity index (χ4v) is 1.84. The predicted octanol–water partition coefficient (Wildman–Crippen LogP) is 0.326. The largest absolute Gasteiger partial charge is 0.355 e. The Labute approximate surface area is 92.2 Å². The molecule has 1 amide bonds. The first-order valence-corrected chi connectivity index (χ1v) is 5.75. The molecule has 88 valence electrons. The van der Waals surface area contributed by atoms with Gasteiger partial charge in [0.25, 0.3) is 0 Å². The summed E-state index contributed by atoms with van der Waals surface area (Å²) in [6.07, 6.45) is 2.99. The molecule has 3 N–H and O–H groups in total. The normalized spacial score (nSPS) is 18.1. The second kappa shape index (κ2) is 5.47. The van der Waals surface area contributed by atoms with Crippen molar-refractivity contribution in [2.75, 3.05) is 26.2 Å². The Bertz CT molecular complexity index is 204. The van der Waals surface area contributed by atoms with E-state index in [0.29, 0.717) is 6.42 Å². The van der Waals surface area contributed by atoms with Crippen LogP contribution in [-0.2, 0) is 4.79 Å². The number of hydrogen-bond acceptors (Lipinski definition) is 3. The number of nitrogens with zero attached hydrogens (tertiary/aromatic N) is 1. The number of nitrogens with two attached hydrogens (primary N) is 1. The van der Waals surface area contributed by atoms with Crippen LogP contribution >= 0.6 is 0 Å². The summed E-state index contributed by atoms with van der Waals surface area (Å²) in [7, 11) is 0. The Kier molecular flexibility index (Phi) is 4.54. The molecule has 0 bridgehead atoms. The third kappa shape index (κ3) is 5.74. The number of amides is 1. The first-order valence-electron chi connectivity index (χ1n) is 5.75. The zero-order valence-electron chi connectivity index (χ0n) is 9.88. The summed E-state index contributed by atoms with van der Waals surface area (Å²) in [5.74, 6) is 0.0571. The molecule has 1 rings (SSSR count). The van der Waals surface area contributed by atoms with E-state index in [2.05, 4.69) is 10.2 Å². The van der Waals surface area contributed by atoms with E-state index < -0.39 is 5.54 Å². The lowest BCUT2D eigenvalue weighted by atomic mass is 10.0. The van der Waals surface area contributed by atoms with Crippen molar-refractivity contribution in [1.82, 2.24) is 10.2 Å². The van der Waals surface area contributed by atoms with Crippen LogP contribution in [0.2, 0.25) is 0 Å². The van der Waals surface area contributed by atoms with Crippen LogP contribution in [0, 0.1) is 0 Å². The molecule has 0 spiro atoms. The van der Waals surface area contributed by atoms with Crippen LogP contribution < -0.4 is 11.1 Å². The monoisotopic (exact) mass is 213 g/mol. The Morgan fingerprint density at radius 1 is 1.40 bits per heavy atom. The summed E-state index contributed by atoms with van der Waals surface area (Å²) >= 11 is 0. The quantitative estimate of drug-likeness (QED) is 0.692. The summed E-state index contributed by atoms with van der Waals surface area (Å²) in [5.41, 5.74) is 5.35. The van der Waals surface area contributed by atoms with Crippen molar-refractivity contribution in [3.05, 3.63) is 0 Å². The fraction of sp³-hybridized carbons (Fsp3) is 0.909. The summed E-state index contributed by atoms with van der Waals surface area (Å²) in [6, 6.07) is 0. The maximum atomic E-state index is 11.4. The van der Waals surface area contributed by atoms with Gasteiger partial charge in [0, 0.05) is 25.0 Å². The van der Waals surface area contributed by atoms with Crippen molar-refractivity contribution in [1.29, 1.82) is 0 Å². The van der Waals surface area contributed by atoms with Gasteiger partial charge in [-0.25, -0.2) is 0 Å². The van der Waals surface area contributed by atoms with E-state index in [1.165, 1.54) is 25.9 Å². The summed E-state index contributed by atoms with van der Waals surface area (Å²) < 4.78 is 0. The van der Waals surface area contributed by atoms with Gasteiger partial charge in [0.2, 0.25) is 5.91 Å². The highest BCUT2D eigenvalue weighted by Gasteiger charge is 2.16. The SMILES string of the molecule is CC(C)(N)CC(=O)NCCN1CCCC1. The minimum atomic E-state index is -0.405. The minimum Gasteiger partial charge on any atom is -0.355 e. The number of carbonyl (C=O) groups excluding carboxylic acids is 1. The molecule has 1 aliphatic rings. The molecule has 0 unspecified atom stereocenters. The highest BCUT2D eigenvalue weighted by atomic mass is 16.1. The Balaban J connectivity index is 2.06. The minimum absolute atomic E-state index is 0.0571. The van der Waals surface area contributed by atoms with E-state index in [-0.39, 0.29) is 5.91 Å². The number of carbonyl (C=O) groups is 1. The molecular formula is C11H23N3O.